The Balaban J connectivity index is 4.67. The van der Waals surface area contributed by atoms with Crippen LogP contribution in [0.15, 0.2) is 24.3 Å². The van der Waals surface area contributed by atoms with Crippen LogP contribution in [0.2, 0.25) is 0 Å². The van der Waals surface area contributed by atoms with Crippen molar-refractivity contribution in [3.63, 3.8) is 0 Å². The summed E-state index contributed by atoms with van der Waals surface area (Å²) >= 11 is 0. The number of allylic oxidation sites excluding steroid dienone is 4. The zero-order valence-corrected chi connectivity index (χ0v) is 34.9. The van der Waals surface area contributed by atoms with Crippen LogP contribution in [0.5, 0.6) is 0 Å². The largest absolute Gasteiger partial charge is 0.480 e. The van der Waals surface area contributed by atoms with Crippen molar-refractivity contribution in [2.45, 2.75) is 212 Å². The van der Waals surface area contributed by atoms with Crippen molar-refractivity contribution in [1.29, 1.82) is 0 Å². The van der Waals surface area contributed by atoms with Crippen LogP contribution in [0.4, 0.5) is 0 Å². The van der Waals surface area contributed by atoms with Gasteiger partial charge in [-0.05, 0) is 44.9 Å². The summed E-state index contributed by atoms with van der Waals surface area (Å²) in [6.45, 7) is 2.77. The number of carbonyl (C=O) groups excluding carboxylic acids is 2. The van der Waals surface area contributed by atoms with E-state index in [9.17, 15) is 28.9 Å². The average Bonchev–Trinajstić information content (AvgIpc) is 3.15. The molecule has 11 nitrogen and oxygen atoms in total. The number of esters is 1. The van der Waals surface area contributed by atoms with Crippen molar-refractivity contribution in [1.82, 2.24) is 0 Å². The van der Waals surface area contributed by atoms with Crippen molar-refractivity contribution >= 4 is 25.5 Å². The maximum absolute atomic E-state index is 13.2. The lowest BCUT2D eigenvalue weighted by Gasteiger charge is -2.26. The maximum Gasteiger partial charge on any atom is 0.473 e. The van der Waals surface area contributed by atoms with Crippen LogP contribution in [0, 0.1) is 0 Å². The SMILES string of the molecule is CCCCC/C=C\C/C=C\CCCCCCCC(=O)O[C@@H](CO)C(OP(=O)(O)OC[C@H](N)C(=O)O)C(=O)CCCCCCCCCCCCCCCCC. The fourth-order valence-electron chi connectivity index (χ4n) is 6.07. The highest BCUT2D eigenvalue weighted by Gasteiger charge is 2.39. The Morgan fingerprint density at radius 3 is 1.56 bits per heavy atom. The molecule has 0 heterocycles. The number of carboxylic acid groups (broad SMARTS) is 1. The van der Waals surface area contributed by atoms with Crippen LogP contribution in [-0.4, -0.2) is 64.3 Å². The van der Waals surface area contributed by atoms with Crippen LogP contribution in [0.1, 0.15) is 194 Å². The highest BCUT2D eigenvalue weighted by molar-refractivity contribution is 7.47. The zero-order valence-electron chi connectivity index (χ0n) is 34.0. The fourth-order valence-corrected chi connectivity index (χ4v) is 7.02. The molecular formula is C42H78NO10P. The van der Waals surface area contributed by atoms with Gasteiger partial charge in [0.25, 0.3) is 0 Å². The van der Waals surface area contributed by atoms with E-state index in [4.69, 9.17) is 24.6 Å². The van der Waals surface area contributed by atoms with Crippen LogP contribution in [-0.2, 0) is 32.7 Å². The molecule has 0 saturated carbocycles. The van der Waals surface area contributed by atoms with Gasteiger partial charge in [0, 0.05) is 12.8 Å². The molecule has 0 aliphatic rings. The first kappa shape index (κ1) is 52.1. The number of aliphatic carboxylic acids is 1. The van der Waals surface area contributed by atoms with Gasteiger partial charge in [-0.3, -0.25) is 23.4 Å². The highest BCUT2D eigenvalue weighted by Crippen LogP contribution is 2.45. The summed E-state index contributed by atoms with van der Waals surface area (Å²) in [6, 6.07) is -1.60. The molecule has 0 bridgehead atoms. The third-order valence-corrected chi connectivity index (χ3v) is 10.4. The summed E-state index contributed by atoms with van der Waals surface area (Å²) in [5.41, 5.74) is 5.37. The number of Topliss-reactive ketones (excluding diaryl/α,β-unsaturated/α-hetero) is 1. The Morgan fingerprint density at radius 1 is 0.648 bits per heavy atom. The molecule has 4 atom stereocenters. The summed E-state index contributed by atoms with van der Waals surface area (Å²) in [4.78, 5) is 47.2. The Kier molecular flexibility index (Phi) is 35.5. The molecule has 0 aromatic rings. The molecule has 2 unspecified atom stereocenters. The van der Waals surface area contributed by atoms with E-state index in [1.54, 1.807) is 0 Å². The minimum Gasteiger partial charge on any atom is -0.480 e. The van der Waals surface area contributed by atoms with E-state index in [1.807, 2.05) is 0 Å². The van der Waals surface area contributed by atoms with Gasteiger partial charge in [0.15, 0.2) is 18.0 Å². The number of aliphatic hydroxyl groups excluding tert-OH is 1. The van der Waals surface area contributed by atoms with Gasteiger partial charge in [-0.2, -0.15) is 0 Å². The van der Waals surface area contributed by atoms with Gasteiger partial charge in [0.2, 0.25) is 0 Å². The molecule has 316 valence electrons. The maximum atomic E-state index is 13.2. The molecule has 0 aromatic heterocycles. The van der Waals surface area contributed by atoms with Gasteiger partial charge < -0.3 is 25.6 Å². The van der Waals surface area contributed by atoms with Crippen LogP contribution in [0.3, 0.4) is 0 Å². The minimum absolute atomic E-state index is 0.0173. The highest BCUT2D eigenvalue weighted by atomic mass is 31.2. The Hall–Kier alpha value is -1.88. The Labute approximate surface area is 327 Å². The molecule has 0 rings (SSSR count). The second-order valence-corrected chi connectivity index (χ2v) is 16.0. The second-order valence-electron chi connectivity index (χ2n) is 14.6. The number of hydrogen-bond donors (Lipinski definition) is 4. The van der Waals surface area contributed by atoms with Gasteiger partial charge in [0.1, 0.15) is 6.04 Å². The van der Waals surface area contributed by atoms with Gasteiger partial charge >= 0.3 is 19.8 Å². The van der Waals surface area contributed by atoms with Crippen LogP contribution >= 0.6 is 7.82 Å². The number of rotatable bonds is 40. The predicted octanol–water partition coefficient (Wildman–Crippen LogP) is 10.4. The number of phosphoric acid groups is 1. The smallest absolute Gasteiger partial charge is 0.473 e. The molecular weight excluding hydrogens is 709 g/mol. The molecule has 0 aliphatic heterocycles. The minimum atomic E-state index is -5.01. The molecule has 5 N–H and O–H groups in total. The van der Waals surface area contributed by atoms with Gasteiger partial charge in [-0.25, -0.2) is 4.57 Å². The van der Waals surface area contributed by atoms with E-state index < -0.39 is 57.0 Å². The van der Waals surface area contributed by atoms with Crippen molar-refractivity contribution in [2.24, 2.45) is 5.73 Å². The molecule has 0 fully saturated rings. The molecule has 0 saturated heterocycles. The van der Waals surface area contributed by atoms with Crippen molar-refractivity contribution in [3.05, 3.63) is 24.3 Å². The third kappa shape index (κ3) is 32.4. The molecule has 0 aromatic carbocycles. The number of unbranched alkanes of at least 4 members (excludes halogenated alkanes) is 22. The van der Waals surface area contributed by atoms with E-state index in [1.165, 1.54) is 83.5 Å². The van der Waals surface area contributed by atoms with Gasteiger partial charge in [0.05, 0.1) is 13.2 Å². The second kappa shape index (κ2) is 36.7. The summed E-state index contributed by atoms with van der Waals surface area (Å²) in [5.74, 6) is -2.73. The molecule has 0 amide bonds. The number of ketones is 1. The van der Waals surface area contributed by atoms with E-state index in [2.05, 4.69) is 38.2 Å². The predicted molar refractivity (Wildman–Crippen MR) is 217 cm³/mol. The first-order valence-electron chi connectivity index (χ1n) is 21.3. The van der Waals surface area contributed by atoms with Crippen LogP contribution < -0.4 is 5.73 Å². The lowest BCUT2D eigenvalue weighted by Crippen LogP contribution is -2.42. The van der Waals surface area contributed by atoms with E-state index >= 15 is 0 Å². The number of nitrogens with two attached hydrogens (primary N) is 1. The molecule has 12 heteroatoms. The van der Waals surface area contributed by atoms with Crippen molar-refractivity contribution in [2.75, 3.05) is 13.2 Å². The number of aliphatic hydroxyl groups is 1. The van der Waals surface area contributed by atoms with Crippen molar-refractivity contribution < 1.29 is 47.8 Å². The van der Waals surface area contributed by atoms with Crippen molar-refractivity contribution in [3.8, 4) is 0 Å². The van der Waals surface area contributed by atoms with Gasteiger partial charge in [-0.1, -0.05) is 160 Å². The standard InChI is InChI=1S/C42H78NO10P/c1-3-5-7-9-11-13-15-17-19-21-23-25-27-29-31-33-38(45)41(53-54(49,50)51-36-37(43)42(47)48)39(35-44)52-40(46)34-32-30-28-26-24-22-20-18-16-14-12-10-8-6-4-2/h12,14,18,20,37,39,41,44H,3-11,13,15-17,19,21-36,43H2,1-2H3,(H,47,48)(H,49,50)/b14-12-,20-18-/t37-,39-,41?/m0/s1. The molecule has 0 aliphatic carbocycles. The lowest BCUT2D eigenvalue weighted by molar-refractivity contribution is -0.161. The van der Waals surface area contributed by atoms with E-state index in [-0.39, 0.29) is 12.8 Å². The first-order chi connectivity index (χ1) is 26.1. The zero-order chi connectivity index (χ0) is 40.1. The molecule has 54 heavy (non-hydrogen) atoms. The summed E-state index contributed by atoms with van der Waals surface area (Å²) in [7, 11) is -5.01. The summed E-state index contributed by atoms with van der Waals surface area (Å²) < 4.78 is 27.9. The van der Waals surface area contributed by atoms with Crippen LogP contribution in [0.25, 0.3) is 0 Å². The molecule has 0 radical (unpaired) electrons. The number of phosphoric ester groups is 1. The topological polar surface area (TPSA) is 183 Å². The first-order valence-corrected chi connectivity index (χ1v) is 22.8. The van der Waals surface area contributed by atoms with Gasteiger partial charge in [-0.15, -0.1) is 0 Å². The normalized spacial score (nSPS) is 14.7. The lowest BCUT2D eigenvalue weighted by atomic mass is 10.0. The average molecular weight is 788 g/mol. The number of hydrogen-bond acceptors (Lipinski definition) is 9. The van der Waals surface area contributed by atoms with E-state index in [0.717, 1.165) is 70.6 Å². The Morgan fingerprint density at radius 2 is 1.07 bits per heavy atom. The summed E-state index contributed by atoms with van der Waals surface area (Å²) in [5, 5.41) is 19.0. The number of carbonyl (C=O) groups is 3. The molecule has 0 spiro atoms. The number of carboxylic acids is 1. The monoisotopic (exact) mass is 788 g/mol. The fraction of sp³-hybridized carbons (Fsp3) is 0.833. The summed E-state index contributed by atoms with van der Waals surface area (Å²) in [6.07, 6.45) is 34.3. The van der Waals surface area contributed by atoms with E-state index in [0.29, 0.717) is 12.8 Å². The number of ether oxygens (including phenoxy) is 1. The Bertz CT molecular complexity index is 1040. The third-order valence-electron chi connectivity index (χ3n) is 9.46. The quantitative estimate of drug-likeness (QED) is 0.0201.